The fraction of sp³-hybridized carbons (Fsp3) is 0.222. The van der Waals surface area contributed by atoms with Crippen molar-refractivity contribution in [1.29, 1.82) is 0 Å². The molecule has 0 unspecified atom stereocenters. The molecule has 0 atom stereocenters. The maximum atomic E-state index is 12.2. The van der Waals surface area contributed by atoms with E-state index in [9.17, 15) is 31.1 Å². The highest BCUT2D eigenvalue weighted by Crippen LogP contribution is 2.35. The van der Waals surface area contributed by atoms with Crippen molar-refractivity contribution in [2.45, 2.75) is 12.5 Å². The van der Waals surface area contributed by atoms with Gasteiger partial charge in [0.05, 0.1) is 5.56 Å². The van der Waals surface area contributed by atoms with Gasteiger partial charge in [-0.3, -0.25) is 0 Å². The number of ether oxygens (including phenoxy) is 1. The molecule has 0 aliphatic carbocycles. The quantitative estimate of drug-likeness (QED) is 0.841. The van der Waals surface area contributed by atoms with E-state index in [4.69, 9.17) is 5.11 Å². The van der Waals surface area contributed by atoms with Crippen molar-refractivity contribution in [3.05, 3.63) is 29.3 Å². The van der Waals surface area contributed by atoms with E-state index in [0.717, 1.165) is 0 Å². The lowest BCUT2D eigenvalue weighted by Gasteiger charge is -2.13. The van der Waals surface area contributed by atoms with Crippen LogP contribution in [0.1, 0.15) is 15.9 Å². The van der Waals surface area contributed by atoms with Crippen molar-refractivity contribution in [2.75, 3.05) is 0 Å². The predicted octanol–water partition coefficient (Wildman–Crippen LogP) is 3.30. The highest BCUT2D eigenvalue weighted by Gasteiger charge is 2.36. The molecule has 0 heterocycles. The Labute approximate surface area is 95.6 Å². The second-order valence-corrected chi connectivity index (χ2v) is 3.06. The molecule has 1 aromatic rings. The molecule has 0 aromatic heterocycles. The molecule has 0 saturated carbocycles. The maximum absolute atomic E-state index is 12.2. The third-order valence-electron chi connectivity index (χ3n) is 1.77. The van der Waals surface area contributed by atoms with Crippen LogP contribution in [0.5, 0.6) is 5.75 Å². The molecular weight excluding hydrogens is 270 g/mol. The van der Waals surface area contributed by atoms with E-state index in [-0.39, 0.29) is 6.07 Å². The van der Waals surface area contributed by atoms with E-state index in [1.165, 1.54) is 0 Å². The van der Waals surface area contributed by atoms with Crippen molar-refractivity contribution < 1.29 is 41.0 Å². The summed E-state index contributed by atoms with van der Waals surface area (Å²) in [7, 11) is 0. The van der Waals surface area contributed by atoms with Gasteiger partial charge >= 0.3 is 18.5 Å². The standard InChI is InChI=1S/C9H4F6O3/c10-8(11,12)4-1-2-5(7(16)17)6(3-4)18-9(13,14)15/h1-3H,(H,16,17). The van der Waals surface area contributed by atoms with E-state index in [1.807, 2.05) is 0 Å². The minimum atomic E-state index is -5.28. The van der Waals surface area contributed by atoms with Gasteiger partial charge in [0, 0.05) is 0 Å². The van der Waals surface area contributed by atoms with Crippen LogP contribution in [0, 0.1) is 0 Å². The Hall–Kier alpha value is -1.93. The smallest absolute Gasteiger partial charge is 0.478 e. The molecular formula is C9H4F6O3. The van der Waals surface area contributed by atoms with Gasteiger partial charge in [-0.15, -0.1) is 13.2 Å². The summed E-state index contributed by atoms with van der Waals surface area (Å²) in [6.45, 7) is 0. The number of benzene rings is 1. The summed E-state index contributed by atoms with van der Waals surface area (Å²) < 4.78 is 75.7. The van der Waals surface area contributed by atoms with Gasteiger partial charge in [-0.1, -0.05) is 0 Å². The molecule has 1 aromatic carbocycles. The second kappa shape index (κ2) is 4.39. The highest BCUT2D eigenvalue weighted by molar-refractivity contribution is 5.91. The van der Waals surface area contributed by atoms with Crippen molar-refractivity contribution in [2.24, 2.45) is 0 Å². The fourth-order valence-corrected chi connectivity index (χ4v) is 1.08. The normalized spacial score (nSPS) is 12.3. The number of aromatic carboxylic acids is 1. The van der Waals surface area contributed by atoms with Crippen LogP contribution in [0.25, 0.3) is 0 Å². The van der Waals surface area contributed by atoms with Gasteiger partial charge in [0.15, 0.2) is 0 Å². The van der Waals surface area contributed by atoms with Crippen molar-refractivity contribution in [3.63, 3.8) is 0 Å². The number of carboxylic acids is 1. The molecule has 3 nitrogen and oxygen atoms in total. The van der Waals surface area contributed by atoms with Crippen LogP contribution in [0.3, 0.4) is 0 Å². The van der Waals surface area contributed by atoms with E-state index in [0.29, 0.717) is 12.1 Å². The first-order valence-corrected chi connectivity index (χ1v) is 4.21. The summed E-state index contributed by atoms with van der Waals surface area (Å²) in [5.41, 5.74) is -2.45. The van der Waals surface area contributed by atoms with Gasteiger partial charge in [-0.2, -0.15) is 13.2 Å². The maximum Gasteiger partial charge on any atom is 0.573 e. The van der Waals surface area contributed by atoms with E-state index in [1.54, 1.807) is 0 Å². The molecule has 0 radical (unpaired) electrons. The molecule has 0 spiro atoms. The average molecular weight is 274 g/mol. The zero-order chi connectivity index (χ0) is 14.1. The Kier molecular flexibility index (Phi) is 3.45. The number of hydrogen-bond donors (Lipinski definition) is 1. The van der Waals surface area contributed by atoms with Crippen molar-refractivity contribution >= 4 is 5.97 Å². The van der Waals surface area contributed by atoms with Crippen LogP contribution >= 0.6 is 0 Å². The summed E-state index contributed by atoms with van der Waals surface area (Å²) in [6, 6.07) is 0.732. The van der Waals surface area contributed by atoms with Gasteiger partial charge in [0.2, 0.25) is 0 Å². The molecule has 9 heteroatoms. The van der Waals surface area contributed by atoms with E-state index >= 15 is 0 Å². The number of carboxylic acid groups (broad SMARTS) is 1. The average Bonchev–Trinajstić information content (AvgIpc) is 2.12. The molecule has 1 N–H and O–H groups in total. The lowest BCUT2D eigenvalue weighted by Crippen LogP contribution is -2.19. The Bertz CT molecular complexity index is 462. The predicted molar refractivity (Wildman–Crippen MR) is 45.1 cm³/mol. The summed E-state index contributed by atoms with van der Waals surface area (Å²) in [4.78, 5) is 10.5. The van der Waals surface area contributed by atoms with Crippen LogP contribution in [0.2, 0.25) is 0 Å². The zero-order valence-corrected chi connectivity index (χ0v) is 8.26. The summed E-state index contributed by atoms with van der Waals surface area (Å²) in [6.07, 6.45) is -10.2. The summed E-state index contributed by atoms with van der Waals surface area (Å²) in [5.74, 6) is -3.24. The second-order valence-electron chi connectivity index (χ2n) is 3.06. The monoisotopic (exact) mass is 274 g/mol. The Balaban J connectivity index is 3.29. The van der Waals surface area contributed by atoms with Gasteiger partial charge in [-0.25, -0.2) is 4.79 Å². The van der Waals surface area contributed by atoms with E-state index in [2.05, 4.69) is 4.74 Å². The molecule has 18 heavy (non-hydrogen) atoms. The Morgan fingerprint density at radius 1 is 1.11 bits per heavy atom. The lowest BCUT2D eigenvalue weighted by molar-refractivity contribution is -0.274. The van der Waals surface area contributed by atoms with Gasteiger partial charge < -0.3 is 9.84 Å². The molecule has 0 aliphatic rings. The molecule has 0 saturated heterocycles. The third kappa shape index (κ3) is 3.54. The first kappa shape index (κ1) is 14.1. The zero-order valence-electron chi connectivity index (χ0n) is 8.26. The van der Waals surface area contributed by atoms with Crippen LogP contribution in [-0.2, 0) is 6.18 Å². The molecule has 0 bridgehead atoms. The number of hydrogen-bond acceptors (Lipinski definition) is 2. The van der Waals surface area contributed by atoms with Crippen LogP contribution in [0.15, 0.2) is 18.2 Å². The largest absolute Gasteiger partial charge is 0.573 e. The van der Waals surface area contributed by atoms with Crippen molar-refractivity contribution in [1.82, 2.24) is 0 Å². The molecule has 0 aliphatic heterocycles. The number of halogens is 6. The topological polar surface area (TPSA) is 46.5 Å². The molecule has 100 valence electrons. The lowest BCUT2D eigenvalue weighted by atomic mass is 10.1. The van der Waals surface area contributed by atoms with Crippen molar-refractivity contribution in [3.8, 4) is 5.75 Å². The molecule has 0 fully saturated rings. The third-order valence-corrected chi connectivity index (χ3v) is 1.77. The number of rotatable bonds is 2. The first-order valence-electron chi connectivity index (χ1n) is 4.21. The van der Waals surface area contributed by atoms with Gasteiger partial charge in [0.1, 0.15) is 11.3 Å². The van der Waals surface area contributed by atoms with Crippen LogP contribution in [0.4, 0.5) is 26.3 Å². The summed E-state index contributed by atoms with van der Waals surface area (Å²) >= 11 is 0. The Morgan fingerprint density at radius 2 is 1.67 bits per heavy atom. The van der Waals surface area contributed by atoms with E-state index < -0.39 is 35.4 Å². The van der Waals surface area contributed by atoms with Crippen LogP contribution in [-0.4, -0.2) is 17.4 Å². The fourth-order valence-electron chi connectivity index (χ4n) is 1.08. The molecule has 0 amide bonds. The minimum Gasteiger partial charge on any atom is -0.478 e. The number of carbonyl (C=O) groups is 1. The van der Waals surface area contributed by atoms with Gasteiger partial charge in [-0.05, 0) is 18.2 Å². The minimum absolute atomic E-state index is 0.0169. The summed E-state index contributed by atoms with van der Waals surface area (Å²) in [5, 5.41) is 8.53. The van der Waals surface area contributed by atoms with Gasteiger partial charge in [0.25, 0.3) is 0 Å². The number of alkyl halides is 6. The highest BCUT2D eigenvalue weighted by atomic mass is 19.4. The molecule has 1 rings (SSSR count). The van der Waals surface area contributed by atoms with Crippen LogP contribution < -0.4 is 4.74 Å². The Morgan fingerprint density at radius 3 is 2.06 bits per heavy atom. The SMILES string of the molecule is O=C(O)c1ccc(C(F)(F)F)cc1OC(F)(F)F. The first-order chi connectivity index (χ1) is 8.00.